The van der Waals surface area contributed by atoms with Crippen LogP contribution >= 0.6 is 0 Å². The van der Waals surface area contributed by atoms with E-state index in [1.165, 1.54) is 0 Å². The molecule has 0 atom stereocenters. The second-order valence-electron chi connectivity index (χ2n) is 4.21. The molecule has 0 saturated carbocycles. The summed E-state index contributed by atoms with van der Waals surface area (Å²) in [6, 6.07) is 0. The first kappa shape index (κ1) is 13.8. The normalized spacial score (nSPS) is 11.6. The molecule has 0 saturated heterocycles. The van der Waals surface area contributed by atoms with Crippen molar-refractivity contribution in [3.05, 3.63) is 0 Å². The van der Waals surface area contributed by atoms with Crippen LogP contribution < -0.4 is 0 Å². The third kappa shape index (κ3) is 11.8. The van der Waals surface area contributed by atoms with Gasteiger partial charge in [-0.1, -0.05) is 0 Å². The van der Waals surface area contributed by atoms with Gasteiger partial charge in [0.15, 0.2) is 0 Å². The summed E-state index contributed by atoms with van der Waals surface area (Å²) in [6.45, 7) is 0. The topological polar surface area (TPSA) is 54.4 Å². The molecule has 0 spiro atoms. The Morgan fingerprint density at radius 1 is 1.07 bits per heavy atom. The molecule has 0 aliphatic carbocycles. The minimum atomic E-state index is -2.39. The Balaban J connectivity index is 3.15. The van der Waals surface area contributed by atoms with E-state index < -0.39 is 19.5 Å². The van der Waals surface area contributed by atoms with Gasteiger partial charge in [-0.15, -0.1) is 0 Å². The summed E-state index contributed by atoms with van der Waals surface area (Å²) >= 11 is -2.39. The molecule has 0 rings (SSSR count). The van der Waals surface area contributed by atoms with Crippen LogP contribution in [0.2, 0.25) is 16.6 Å². The summed E-state index contributed by atoms with van der Waals surface area (Å²) in [4.78, 5) is 10.2. The molecule has 0 amide bonds. The molecule has 0 bridgehead atoms. The zero-order valence-corrected chi connectivity index (χ0v) is 11.0. The summed E-state index contributed by atoms with van der Waals surface area (Å²) in [6.07, 6.45) is 5.24. The minimum absolute atomic E-state index is 0.282. The summed E-state index contributed by atoms with van der Waals surface area (Å²) in [5, 5.41) is 9.27. The first-order valence-corrected chi connectivity index (χ1v) is 11.0. The third-order valence-corrected chi connectivity index (χ3v) is 5.01. The van der Waals surface area contributed by atoms with E-state index in [2.05, 4.69) is 0 Å². The Morgan fingerprint density at radius 2 is 1.57 bits per heavy atom. The van der Waals surface area contributed by atoms with Gasteiger partial charge in [0, 0.05) is 0 Å². The van der Waals surface area contributed by atoms with Gasteiger partial charge in [-0.25, -0.2) is 0 Å². The number of carboxylic acid groups (broad SMARTS) is 1. The fourth-order valence-electron chi connectivity index (χ4n) is 1.30. The first-order valence-electron chi connectivity index (χ1n) is 5.17. The maximum absolute atomic E-state index is 11.4. The number of rotatable bonds is 8. The summed E-state index contributed by atoms with van der Waals surface area (Å²) in [5.74, 6) is -0.708. The van der Waals surface area contributed by atoms with Crippen molar-refractivity contribution in [3.8, 4) is 0 Å². The van der Waals surface area contributed by atoms with E-state index in [4.69, 9.17) is 5.11 Å². The Labute approximate surface area is 88.6 Å². The van der Waals surface area contributed by atoms with Crippen LogP contribution in [0.4, 0.5) is 0 Å². The van der Waals surface area contributed by atoms with Gasteiger partial charge in [0.05, 0.1) is 0 Å². The van der Waals surface area contributed by atoms with Gasteiger partial charge in [0.1, 0.15) is 0 Å². The second kappa shape index (κ2) is 7.16. The molecule has 0 heterocycles. The van der Waals surface area contributed by atoms with E-state index in [-0.39, 0.29) is 6.42 Å². The molecule has 0 aromatic heterocycles. The standard InChI is InChI=1S/C10H21AsO3/c1-11(2,14)9-7-5-3-4-6-8-10(12)13/h3-9H2,1-2H3,(H,12,13). The molecular formula is C10H21AsO3. The molecule has 0 aliphatic rings. The maximum atomic E-state index is 11.4. The SMILES string of the molecule is C[As](C)(=O)CCCCCCCC(=O)O. The molecule has 1 N–H and O–H groups in total. The molecule has 84 valence electrons. The van der Waals surface area contributed by atoms with Crippen LogP contribution in [-0.4, -0.2) is 24.6 Å². The zero-order chi connectivity index (χ0) is 11.0. The van der Waals surface area contributed by atoms with Crippen molar-refractivity contribution in [1.82, 2.24) is 0 Å². The molecule has 0 unspecified atom stereocenters. The Morgan fingerprint density at radius 3 is 2.07 bits per heavy atom. The van der Waals surface area contributed by atoms with Crippen molar-refractivity contribution in [3.63, 3.8) is 0 Å². The number of hydrogen-bond donors (Lipinski definition) is 1. The van der Waals surface area contributed by atoms with Gasteiger partial charge >= 0.3 is 88.3 Å². The number of hydrogen-bond acceptors (Lipinski definition) is 2. The zero-order valence-electron chi connectivity index (χ0n) is 9.16. The Kier molecular flexibility index (Phi) is 7.08. The molecular weight excluding hydrogens is 243 g/mol. The van der Waals surface area contributed by atoms with E-state index in [9.17, 15) is 8.53 Å². The van der Waals surface area contributed by atoms with Gasteiger partial charge < -0.3 is 0 Å². The molecule has 14 heavy (non-hydrogen) atoms. The molecule has 0 aromatic rings. The molecule has 0 aliphatic heterocycles. The van der Waals surface area contributed by atoms with Crippen molar-refractivity contribution in [2.24, 2.45) is 0 Å². The van der Waals surface area contributed by atoms with Gasteiger partial charge in [0.2, 0.25) is 0 Å². The van der Waals surface area contributed by atoms with Gasteiger partial charge in [-0.05, 0) is 0 Å². The predicted molar refractivity (Wildman–Crippen MR) is 58.3 cm³/mol. The molecule has 0 radical (unpaired) electrons. The van der Waals surface area contributed by atoms with E-state index >= 15 is 0 Å². The van der Waals surface area contributed by atoms with Crippen LogP contribution in [-0.2, 0) is 8.53 Å². The summed E-state index contributed by atoms with van der Waals surface area (Å²) < 4.78 is 11.4. The van der Waals surface area contributed by atoms with Crippen LogP contribution in [0.5, 0.6) is 0 Å². The number of carbonyl (C=O) groups is 1. The second-order valence-corrected chi connectivity index (χ2v) is 11.8. The quantitative estimate of drug-likeness (QED) is 0.541. The monoisotopic (exact) mass is 264 g/mol. The molecule has 0 aromatic carbocycles. The molecule has 4 heteroatoms. The van der Waals surface area contributed by atoms with Crippen molar-refractivity contribution in [2.45, 2.75) is 55.2 Å². The van der Waals surface area contributed by atoms with Crippen molar-refractivity contribution in [1.29, 1.82) is 0 Å². The van der Waals surface area contributed by atoms with Gasteiger partial charge in [0.25, 0.3) is 0 Å². The third-order valence-electron chi connectivity index (χ3n) is 2.09. The average Bonchev–Trinajstić information content (AvgIpc) is 2.00. The summed E-state index contributed by atoms with van der Waals surface area (Å²) in [5.41, 5.74) is 3.76. The fraction of sp³-hybridized carbons (Fsp3) is 0.900. The van der Waals surface area contributed by atoms with Crippen molar-refractivity contribution < 1.29 is 13.6 Å². The van der Waals surface area contributed by atoms with E-state index in [1.54, 1.807) is 0 Å². The Bertz CT molecular complexity index is 207. The Hall–Kier alpha value is -0.172. The molecule has 3 nitrogen and oxygen atoms in total. The van der Waals surface area contributed by atoms with Crippen molar-refractivity contribution >= 4 is 19.5 Å². The fourth-order valence-corrected chi connectivity index (χ4v) is 3.37. The molecule has 0 fully saturated rings. The van der Waals surface area contributed by atoms with E-state index in [0.29, 0.717) is 0 Å². The first-order chi connectivity index (χ1) is 6.42. The summed E-state index contributed by atoms with van der Waals surface area (Å²) in [7, 11) is 0. The van der Waals surface area contributed by atoms with Crippen LogP contribution in [0.25, 0.3) is 0 Å². The van der Waals surface area contributed by atoms with Crippen LogP contribution in [0.3, 0.4) is 0 Å². The van der Waals surface area contributed by atoms with E-state index in [0.717, 1.165) is 37.3 Å². The van der Waals surface area contributed by atoms with Crippen LogP contribution in [0, 0.1) is 0 Å². The van der Waals surface area contributed by atoms with Crippen LogP contribution in [0.1, 0.15) is 38.5 Å². The van der Waals surface area contributed by atoms with E-state index in [1.807, 2.05) is 11.4 Å². The average molecular weight is 264 g/mol. The number of carboxylic acids is 1. The van der Waals surface area contributed by atoms with Gasteiger partial charge in [-0.3, -0.25) is 0 Å². The number of unbranched alkanes of at least 4 members (excludes halogenated alkanes) is 4. The van der Waals surface area contributed by atoms with Crippen LogP contribution in [0.15, 0.2) is 0 Å². The van der Waals surface area contributed by atoms with Crippen molar-refractivity contribution in [2.75, 3.05) is 0 Å². The van der Waals surface area contributed by atoms with Gasteiger partial charge in [-0.2, -0.15) is 0 Å². The number of aliphatic carboxylic acids is 1. The predicted octanol–water partition coefficient (Wildman–Crippen LogP) is 3.05.